The third-order valence-corrected chi connectivity index (χ3v) is 4.17. The van der Waals surface area contributed by atoms with Crippen molar-refractivity contribution >= 4 is 22.7 Å². The van der Waals surface area contributed by atoms with Gasteiger partial charge in [0.1, 0.15) is 6.61 Å². The topological polar surface area (TPSA) is 74.7 Å². The molecule has 3 aromatic rings. The number of aliphatic imine (C=N–C) groups is 1. The predicted octanol–water partition coefficient (Wildman–Crippen LogP) is 5.19. The normalized spacial score (nSPS) is 11.7. The number of ether oxygens (including phenoxy) is 1. The first kappa shape index (κ1) is 17.7. The van der Waals surface area contributed by atoms with Gasteiger partial charge < -0.3 is 14.8 Å². The zero-order valence-corrected chi connectivity index (χ0v) is 14.7. The molecule has 1 amide bonds. The highest BCUT2D eigenvalue weighted by Crippen LogP contribution is 2.29. The van der Waals surface area contributed by atoms with Gasteiger partial charge in [0.05, 0.1) is 11.3 Å². The van der Waals surface area contributed by atoms with Gasteiger partial charge in [0.15, 0.2) is 5.88 Å². The molecule has 26 heavy (non-hydrogen) atoms. The van der Waals surface area contributed by atoms with E-state index in [1.807, 2.05) is 54.6 Å². The average Bonchev–Trinajstić information content (AvgIpc) is 3.00. The van der Waals surface area contributed by atoms with Crippen molar-refractivity contribution < 1.29 is 14.6 Å². The van der Waals surface area contributed by atoms with Crippen molar-refractivity contribution in [3.63, 3.8) is 0 Å². The van der Waals surface area contributed by atoms with Crippen LogP contribution in [0.1, 0.15) is 37.3 Å². The third-order valence-electron chi connectivity index (χ3n) is 4.17. The van der Waals surface area contributed by atoms with E-state index in [4.69, 9.17) is 4.74 Å². The molecule has 0 bridgehead atoms. The number of unbranched alkanes of at least 4 members (excludes halogenated alkanes) is 1. The summed E-state index contributed by atoms with van der Waals surface area (Å²) < 4.78 is 5.27. The van der Waals surface area contributed by atoms with Crippen LogP contribution in [0.4, 0.5) is 4.79 Å². The third kappa shape index (κ3) is 4.11. The molecule has 3 rings (SSSR count). The molecule has 0 aliphatic carbocycles. The lowest BCUT2D eigenvalue weighted by molar-refractivity contribution is 0.151. The van der Waals surface area contributed by atoms with E-state index in [0.717, 1.165) is 29.3 Å². The van der Waals surface area contributed by atoms with Crippen molar-refractivity contribution in [2.75, 3.05) is 0 Å². The van der Waals surface area contributed by atoms with Crippen LogP contribution in [0.15, 0.2) is 59.6 Å². The van der Waals surface area contributed by atoms with Crippen molar-refractivity contribution in [2.45, 2.75) is 32.8 Å². The van der Waals surface area contributed by atoms with Crippen LogP contribution in [-0.2, 0) is 11.3 Å². The lowest BCUT2D eigenvalue weighted by Gasteiger charge is -2.07. The van der Waals surface area contributed by atoms with Crippen LogP contribution >= 0.6 is 0 Å². The smallest absolute Gasteiger partial charge is 0.434 e. The number of aromatic hydroxyl groups is 1. The Morgan fingerprint density at radius 1 is 1.12 bits per heavy atom. The summed E-state index contributed by atoms with van der Waals surface area (Å²) in [5.41, 5.74) is 2.83. The van der Waals surface area contributed by atoms with Crippen LogP contribution in [-0.4, -0.2) is 21.9 Å². The van der Waals surface area contributed by atoms with Crippen LogP contribution in [0, 0.1) is 0 Å². The minimum atomic E-state index is -0.648. The van der Waals surface area contributed by atoms with E-state index >= 15 is 0 Å². The second kappa shape index (κ2) is 8.34. The maximum Gasteiger partial charge on any atom is 0.434 e. The number of carbonyl (C=O) groups excluding carboxylic acids is 1. The summed E-state index contributed by atoms with van der Waals surface area (Å²) in [6, 6.07) is 17.0. The Bertz CT molecular complexity index is 913. The number of hydrogen-bond acceptors (Lipinski definition) is 3. The number of para-hydroxylation sites is 1. The Balaban J connectivity index is 1.86. The summed E-state index contributed by atoms with van der Waals surface area (Å²) >= 11 is 0. The number of fused-ring (bicyclic) bond motifs is 1. The van der Waals surface area contributed by atoms with Gasteiger partial charge in [0.25, 0.3) is 0 Å². The van der Waals surface area contributed by atoms with E-state index in [1.165, 1.54) is 0 Å². The van der Waals surface area contributed by atoms with E-state index < -0.39 is 6.09 Å². The van der Waals surface area contributed by atoms with Crippen LogP contribution in [0.25, 0.3) is 10.9 Å². The van der Waals surface area contributed by atoms with Gasteiger partial charge in [0, 0.05) is 10.9 Å². The molecular formula is C21H22N2O3. The van der Waals surface area contributed by atoms with E-state index in [0.29, 0.717) is 17.7 Å². The number of benzene rings is 2. The summed E-state index contributed by atoms with van der Waals surface area (Å²) in [5, 5.41) is 11.2. The molecule has 0 saturated heterocycles. The number of carbonyl (C=O) groups is 1. The molecule has 1 heterocycles. The molecule has 0 atom stereocenters. The molecule has 0 fully saturated rings. The Morgan fingerprint density at radius 3 is 2.62 bits per heavy atom. The van der Waals surface area contributed by atoms with Gasteiger partial charge in [-0.2, -0.15) is 4.99 Å². The second-order valence-corrected chi connectivity index (χ2v) is 6.10. The number of nitrogens with zero attached hydrogens (tertiary/aromatic N) is 1. The minimum Gasteiger partial charge on any atom is -0.494 e. The number of nitrogens with one attached hydrogen (secondary N) is 1. The fourth-order valence-corrected chi connectivity index (χ4v) is 2.86. The Hall–Kier alpha value is -3.08. The molecule has 0 radical (unpaired) electrons. The summed E-state index contributed by atoms with van der Waals surface area (Å²) in [4.78, 5) is 19.3. The molecule has 0 spiro atoms. The van der Waals surface area contributed by atoms with Crippen molar-refractivity contribution in [3.8, 4) is 5.88 Å². The highest BCUT2D eigenvalue weighted by Gasteiger charge is 2.17. The summed E-state index contributed by atoms with van der Waals surface area (Å²) in [6.07, 6.45) is 1.77. The fraction of sp³-hybridized carbons (Fsp3) is 0.238. The number of rotatable bonds is 6. The van der Waals surface area contributed by atoms with E-state index in [1.54, 1.807) is 0 Å². The van der Waals surface area contributed by atoms with Gasteiger partial charge in [-0.05, 0) is 24.5 Å². The molecule has 5 nitrogen and oxygen atoms in total. The first-order valence-electron chi connectivity index (χ1n) is 8.77. The quantitative estimate of drug-likeness (QED) is 0.601. The first-order chi connectivity index (χ1) is 12.7. The van der Waals surface area contributed by atoms with Crippen molar-refractivity contribution in [3.05, 3.63) is 65.7 Å². The zero-order valence-electron chi connectivity index (χ0n) is 14.7. The Kier molecular flexibility index (Phi) is 5.69. The molecule has 1 aromatic heterocycles. The number of aromatic amines is 1. The predicted molar refractivity (Wildman–Crippen MR) is 103 cm³/mol. The van der Waals surface area contributed by atoms with E-state index in [9.17, 15) is 9.90 Å². The lowest BCUT2D eigenvalue weighted by atomic mass is 10.0. The van der Waals surface area contributed by atoms with Crippen molar-refractivity contribution in [1.29, 1.82) is 0 Å². The fourth-order valence-electron chi connectivity index (χ4n) is 2.86. The summed E-state index contributed by atoms with van der Waals surface area (Å²) in [6.45, 7) is 2.24. The molecule has 0 aliphatic rings. The molecule has 0 aliphatic heterocycles. The molecule has 5 heteroatoms. The monoisotopic (exact) mass is 350 g/mol. The van der Waals surface area contributed by atoms with Crippen LogP contribution < -0.4 is 0 Å². The second-order valence-electron chi connectivity index (χ2n) is 6.10. The lowest BCUT2D eigenvalue weighted by Crippen LogP contribution is -2.07. The highest BCUT2D eigenvalue weighted by molar-refractivity contribution is 6.15. The molecule has 2 N–H and O–H groups in total. The molecular weight excluding hydrogens is 328 g/mol. The molecule has 0 unspecified atom stereocenters. The van der Waals surface area contributed by atoms with Crippen LogP contribution in [0.2, 0.25) is 0 Å². The zero-order chi connectivity index (χ0) is 18.4. The highest BCUT2D eigenvalue weighted by atomic mass is 16.5. The standard InChI is InChI=1S/C21H22N2O3/c1-2-3-12-18(19-16-11-7-8-13-17(16)22-20(19)24)23-21(25)26-14-15-9-5-4-6-10-15/h4-11,13,22,24H,2-3,12,14H2,1H3/b23-18+. The van der Waals surface area contributed by atoms with E-state index in [2.05, 4.69) is 16.9 Å². The molecule has 134 valence electrons. The number of H-pyrrole nitrogens is 1. The van der Waals surface area contributed by atoms with Gasteiger partial charge >= 0.3 is 6.09 Å². The van der Waals surface area contributed by atoms with Crippen LogP contribution in [0.3, 0.4) is 0 Å². The number of amides is 1. The van der Waals surface area contributed by atoms with E-state index in [-0.39, 0.29) is 12.5 Å². The number of hydrogen-bond donors (Lipinski definition) is 2. The van der Waals surface area contributed by atoms with Gasteiger partial charge in [-0.3, -0.25) is 0 Å². The Labute approximate surface area is 152 Å². The van der Waals surface area contributed by atoms with Crippen molar-refractivity contribution in [2.24, 2.45) is 4.99 Å². The average molecular weight is 350 g/mol. The molecule has 2 aromatic carbocycles. The molecule has 0 saturated carbocycles. The largest absolute Gasteiger partial charge is 0.494 e. The SMILES string of the molecule is CCCC/C(=N\C(=O)OCc1ccccc1)c1c(O)[nH]c2ccccc12. The summed E-state index contributed by atoms with van der Waals surface area (Å²) in [7, 11) is 0. The van der Waals surface area contributed by atoms with Gasteiger partial charge in [-0.15, -0.1) is 0 Å². The maximum atomic E-state index is 12.2. The van der Waals surface area contributed by atoms with Crippen LogP contribution in [0.5, 0.6) is 5.88 Å². The van der Waals surface area contributed by atoms with Gasteiger partial charge in [0.2, 0.25) is 0 Å². The Morgan fingerprint density at radius 2 is 1.85 bits per heavy atom. The maximum absolute atomic E-state index is 12.2. The van der Waals surface area contributed by atoms with Crippen molar-refractivity contribution in [1.82, 2.24) is 4.98 Å². The minimum absolute atomic E-state index is 0.0249. The number of aromatic nitrogens is 1. The van der Waals surface area contributed by atoms with Gasteiger partial charge in [-0.25, -0.2) is 4.79 Å². The van der Waals surface area contributed by atoms with Gasteiger partial charge in [-0.1, -0.05) is 61.9 Å². The first-order valence-corrected chi connectivity index (χ1v) is 8.77. The summed E-state index contributed by atoms with van der Waals surface area (Å²) in [5.74, 6) is 0.0249.